The van der Waals surface area contributed by atoms with Crippen molar-refractivity contribution in [3.8, 4) is 0 Å². The van der Waals surface area contributed by atoms with Crippen LogP contribution < -0.4 is 5.73 Å². The Balaban J connectivity index is 2.08. The fraction of sp³-hybridized carbons (Fsp3) is 0.900. The van der Waals surface area contributed by atoms with Crippen molar-refractivity contribution < 1.29 is 4.79 Å². The molecule has 1 heterocycles. The summed E-state index contributed by atoms with van der Waals surface area (Å²) in [6, 6.07) is 0.0524. The zero-order valence-corrected chi connectivity index (χ0v) is 8.99. The van der Waals surface area contributed by atoms with E-state index in [2.05, 4.69) is 5.01 Å². The van der Waals surface area contributed by atoms with E-state index in [0.29, 0.717) is 13.0 Å². The minimum absolute atomic E-state index is 0.0524. The van der Waals surface area contributed by atoms with Crippen LogP contribution in [-0.2, 0) is 4.79 Å². The first-order valence-corrected chi connectivity index (χ1v) is 5.35. The molecular formula is C10H19N3O. The van der Waals surface area contributed by atoms with Crippen LogP contribution in [0.3, 0.4) is 0 Å². The Morgan fingerprint density at radius 2 is 2.21 bits per heavy atom. The predicted molar refractivity (Wildman–Crippen MR) is 54.3 cm³/mol. The number of hydrazine groups is 1. The van der Waals surface area contributed by atoms with Crippen molar-refractivity contribution in [1.29, 1.82) is 0 Å². The number of hydrogen-bond donors (Lipinski definition) is 1. The van der Waals surface area contributed by atoms with Crippen molar-refractivity contribution in [3.63, 3.8) is 0 Å². The van der Waals surface area contributed by atoms with E-state index in [4.69, 9.17) is 5.73 Å². The molecule has 0 bridgehead atoms. The van der Waals surface area contributed by atoms with E-state index in [-0.39, 0.29) is 17.5 Å². The minimum Gasteiger partial charge on any atom is -0.326 e. The van der Waals surface area contributed by atoms with Gasteiger partial charge >= 0.3 is 0 Å². The number of nitrogens with zero attached hydrogens (tertiary/aromatic N) is 2. The molecule has 0 radical (unpaired) electrons. The molecule has 0 aromatic carbocycles. The third-order valence-electron chi connectivity index (χ3n) is 3.56. The number of nitrogens with two attached hydrogens (primary N) is 1. The third kappa shape index (κ3) is 1.33. The monoisotopic (exact) mass is 197 g/mol. The Morgan fingerprint density at radius 3 is 2.57 bits per heavy atom. The summed E-state index contributed by atoms with van der Waals surface area (Å²) in [7, 11) is 2.02. The molecule has 2 fully saturated rings. The lowest BCUT2D eigenvalue weighted by atomic mass is 9.75. The van der Waals surface area contributed by atoms with Crippen molar-refractivity contribution in [2.75, 3.05) is 13.6 Å². The summed E-state index contributed by atoms with van der Waals surface area (Å²) in [4.78, 5) is 11.8. The molecule has 1 unspecified atom stereocenters. The van der Waals surface area contributed by atoms with Crippen molar-refractivity contribution in [2.45, 2.75) is 44.2 Å². The smallest absolute Gasteiger partial charge is 0.238 e. The van der Waals surface area contributed by atoms with Crippen molar-refractivity contribution in [2.24, 2.45) is 5.73 Å². The van der Waals surface area contributed by atoms with Crippen LogP contribution in [0, 0.1) is 0 Å². The number of carbonyl (C=O) groups is 1. The average Bonchev–Trinajstić information content (AvgIpc) is 2.27. The maximum Gasteiger partial charge on any atom is 0.238 e. The van der Waals surface area contributed by atoms with Gasteiger partial charge in [0.15, 0.2) is 0 Å². The summed E-state index contributed by atoms with van der Waals surface area (Å²) in [5, 5.41) is 3.95. The summed E-state index contributed by atoms with van der Waals surface area (Å²) in [5.41, 5.74) is 5.88. The molecule has 0 aromatic heterocycles. The van der Waals surface area contributed by atoms with Crippen molar-refractivity contribution in [3.05, 3.63) is 0 Å². The molecule has 1 saturated heterocycles. The van der Waals surface area contributed by atoms with E-state index < -0.39 is 0 Å². The molecule has 2 rings (SSSR count). The van der Waals surface area contributed by atoms with E-state index in [1.165, 1.54) is 6.42 Å². The topological polar surface area (TPSA) is 49.6 Å². The summed E-state index contributed by atoms with van der Waals surface area (Å²) < 4.78 is 0. The summed E-state index contributed by atoms with van der Waals surface area (Å²) >= 11 is 0. The van der Waals surface area contributed by atoms with Gasteiger partial charge in [-0.15, -0.1) is 0 Å². The lowest BCUT2D eigenvalue weighted by molar-refractivity contribution is -0.140. The molecule has 1 aliphatic heterocycles. The van der Waals surface area contributed by atoms with E-state index in [9.17, 15) is 4.79 Å². The van der Waals surface area contributed by atoms with Gasteiger partial charge < -0.3 is 5.73 Å². The van der Waals surface area contributed by atoms with Gasteiger partial charge in [0.2, 0.25) is 5.91 Å². The Bertz CT molecular complexity index is 248. The summed E-state index contributed by atoms with van der Waals surface area (Å²) in [6.07, 6.45) is 4.26. The van der Waals surface area contributed by atoms with Crippen molar-refractivity contribution >= 4 is 5.91 Å². The molecular weight excluding hydrogens is 178 g/mol. The lowest BCUT2D eigenvalue weighted by Crippen LogP contribution is -2.53. The largest absolute Gasteiger partial charge is 0.326 e. The molecule has 1 amide bonds. The van der Waals surface area contributed by atoms with Gasteiger partial charge in [-0.05, 0) is 26.2 Å². The van der Waals surface area contributed by atoms with Crippen LogP contribution in [0.2, 0.25) is 0 Å². The molecule has 0 aromatic rings. The number of rotatable bonds is 2. The highest BCUT2D eigenvalue weighted by Crippen LogP contribution is 2.44. The predicted octanol–water partition coefficient (Wildman–Crippen LogP) is 0.335. The first-order chi connectivity index (χ1) is 6.55. The molecule has 2 N–H and O–H groups in total. The first-order valence-electron chi connectivity index (χ1n) is 5.35. The minimum atomic E-state index is 0.0524. The van der Waals surface area contributed by atoms with Crippen LogP contribution in [0.4, 0.5) is 0 Å². The molecule has 4 heteroatoms. The Kier molecular flexibility index (Phi) is 2.27. The molecule has 1 spiro atoms. The Labute approximate surface area is 85.0 Å². The fourth-order valence-corrected chi connectivity index (χ4v) is 2.49. The lowest BCUT2D eigenvalue weighted by Gasteiger charge is -2.45. The maximum absolute atomic E-state index is 11.8. The number of hydrogen-bond acceptors (Lipinski definition) is 3. The normalized spacial score (nSPS) is 28.2. The van der Waals surface area contributed by atoms with Crippen LogP contribution in [0.15, 0.2) is 0 Å². The SMILES string of the molecule is CC(N)CN1C(=O)CC2(CCC2)N1C. The van der Waals surface area contributed by atoms with Crippen LogP contribution in [0.5, 0.6) is 0 Å². The van der Waals surface area contributed by atoms with E-state index in [0.717, 1.165) is 12.8 Å². The summed E-state index contributed by atoms with van der Waals surface area (Å²) in [6.45, 7) is 2.59. The zero-order chi connectivity index (χ0) is 10.3. The second-order valence-electron chi connectivity index (χ2n) is 4.73. The van der Waals surface area contributed by atoms with Crippen molar-refractivity contribution in [1.82, 2.24) is 10.0 Å². The third-order valence-corrected chi connectivity index (χ3v) is 3.56. The van der Waals surface area contributed by atoms with Gasteiger partial charge in [0, 0.05) is 25.0 Å². The number of carbonyl (C=O) groups excluding carboxylic acids is 1. The molecule has 14 heavy (non-hydrogen) atoms. The Hall–Kier alpha value is -0.610. The quantitative estimate of drug-likeness (QED) is 0.694. The maximum atomic E-state index is 11.8. The van der Waals surface area contributed by atoms with Gasteiger partial charge in [-0.2, -0.15) is 0 Å². The molecule has 1 saturated carbocycles. The Morgan fingerprint density at radius 1 is 1.57 bits per heavy atom. The zero-order valence-electron chi connectivity index (χ0n) is 8.99. The van der Waals surface area contributed by atoms with Gasteiger partial charge in [0.05, 0.1) is 6.54 Å². The second-order valence-corrected chi connectivity index (χ2v) is 4.73. The highest BCUT2D eigenvalue weighted by atomic mass is 16.2. The van der Waals surface area contributed by atoms with Gasteiger partial charge in [-0.3, -0.25) is 9.80 Å². The van der Waals surface area contributed by atoms with Crippen LogP contribution in [-0.4, -0.2) is 41.1 Å². The van der Waals surface area contributed by atoms with E-state index in [1.807, 2.05) is 19.0 Å². The second kappa shape index (κ2) is 3.21. The molecule has 4 nitrogen and oxygen atoms in total. The van der Waals surface area contributed by atoms with Crippen LogP contribution in [0.25, 0.3) is 0 Å². The fourth-order valence-electron chi connectivity index (χ4n) is 2.49. The molecule has 2 aliphatic rings. The molecule has 1 atom stereocenters. The average molecular weight is 197 g/mol. The van der Waals surface area contributed by atoms with Gasteiger partial charge in [0.1, 0.15) is 0 Å². The van der Waals surface area contributed by atoms with E-state index in [1.54, 1.807) is 0 Å². The summed E-state index contributed by atoms with van der Waals surface area (Å²) in [5.74, 6) is 0.240. The highest BCUT2D eigenvalue weighted by molar-refractivity contribution is 5.79. The molecule has 1 aliphatic carbocycles. The van der Waals surface area contributed by atoms with Crippen LogP contribution in [0.1, 0.15) is 32.6 Å². The van der Waals surface area contributed by atoms with Gasteiger partial charge in [0.25, 0.3) is 0 Å². The van der Waals surface area contributed by atoms with Crippen LogP contribution >= 0.6 is 0 Å². The van der Waals surface area contributed by atoms with Gasteiger partial charge in [-0.1, -0.05) is 0 Å². The van der Waals surface area contributed by atoms with Gasteiger partial charge in [-0.25, -0.2) is 5.01 Å². The highest BCUT2D eigenvalue weighted by Gasteiger charge is 2.51. The standard InChI is InChI=1S/C10H19N3O/c1-8(11)7-13-9(14)6-10(12(13)2)4-3-5-10/h8H,3-7,11H2,1-2H3. The first kappa shape index (κ1) is 9.93. The van der Waals surface area contributed by atoms with E-state index >= 15 is 0 Å². The number of amides is 1. The molecule has 80 valence electrons.